The molecule has 0 unspecified atom stereocenters. The van der Waals surface area contributed by atoms with E-state index in [0.717, 1.165) is 11.8 Å². The first-order valence-corrected chi connectivity index (χ1v) is 12.7. The average molecular weight is 412 g/mol. The molecule has 0 spiro atoms. The van der Waals surface area contributed by atoms with E-state index in [1.54, 1.807) is 11.1 Å². The molecular weight excluding hydrogens is 374 g/mol. The Kier molecular flexibility index (Phi) is 6.12. The van der Waals surface area contributed by atoms with Gasteiger partial charge in [-0.1, -0.05) is 76.6 Å². The van der Waals surface area contributed by atoms with Gasteiger partial charge in [0.1, 0.15) is 0 Å². The number of hydrogen-bond acceptors (Lipinski definition) is 1. The number of fused-ring (bicyclic) bond motifs is 1. The molecule has 31 heavy (non-hydrogen) atoms. The van der Waals surface area contributed by atoms with E-state index in [4.69, 9.17) is 4.98 Å². The van der Waals surface area contributed by atoms with Crippen molar-refractivity contribution in [2.45, 2.75) is 95.8 Å². The van der Waals surface area contributed by atoms with Crippen LogP contribution in [0.3, 0.4) is 0 Å². The van der Waals surface area contributed by atoms with Gasteiger partial charge in [0.05, 0.1) is 5.69 Å². The zero-order valence-electron chi connectivity index (χ0n) is 19.4. The summed E-state index contributed by atoms with van der Waals surface area (Å²) in [4.78, 5) is 4.92. The Hall–Kier alpha value is -2.15. The zero-order chi connectivity index (χ0) is 21.2. The van der Waals surface area contributed by atoms with Gasteiger partial charge in [0.2, 0.25) is 0 Å². The molecule has 0 atom stereocenters. The van der Waals surface area contributed by atoms with Crippen LogP contribution >= 0.6 is 0 Å². The molecule has 0 amide bonds. The monoisotopic (exact) mass is 411 g/mol. The SMILES string of the molecule is CC(C)c1ccc2c(-c3cc(C4CCCCC4)cc(C4CCCCC4)c3)nccc2c1. The molecule has 1 aromatic heterocycles. The number of nitrogens with zero attached hydrogens (tertiary/aromatic N) is 1. The summed E-state index contributed by atoms with van der Waals surface area (Å²) >= 11 is 0. The van der Waals surface area contributed by atoms with Gasteiger partial charge in [-0.05, 0) is 83.7 Å². The van der Waals surface area contributed by atoms with Gasteiger partial charge in [-0.2, -0.15) is 0 Å². The fraction of sp³-hybridized carbons (Fsp3) is 0.500. The maximum atomic E-state index is 4.92. The molecule has 2 fully saturated rings. The van der Waals surface area contributed by atoms with Crippen LogP contribution in [-0.2, 0) is 0 Å². The van der Waals surface area contributed by atoms with Crippen molar-refractivity contribution in [2.24, 2.45) is 0 Å². The number of aromatic nitrogens is 1. The molecule has 1 heteroatoms. The van der Waals surface area contributed by atoms with E-state index in [2.05, 4.69) is 56.3 Å². The van der Waals surface area contributed by atoms with Crippen molar-refractivity contribution in [1.29, 1.82) is 0 Å². The Morgan fingerprint density at radius 1 is 0.710 bits per heavy atom. The van der Waals surface area contributed by atoms with Crippen molar-refractivity contribution < 1.29 is 0 Å². The minimum atomic E-state index is 0.550. The molecule has 162 valence electrons. The molecule has 2 aliphatic carbocycles. The Bertz CT molecular complexity index is 999. The van der Waals surface area contributed by atoms with Gasteiger partial charge in [-0.25, -0.2) is 0 Å². The second-order valence-electron chi connectivity index (χ2n) is 10.4. The predicted molar refractivity (Wildman–Crippen MR) is 133 cm³/mol. The third-order valence-corrected chi connectivity index (χ3v) is 7.86. The number of pyridine rings is 1. The normalized spacial score (nSPS) is 18.7. The molecule has 1 nitrogen and oxygen atoms in total. The highest BCUT2D eigenvalue weighted by atomic mass is 14.7. The summed E-state index contributed by atoms with van der Waals surface area (Å²) in [5, 5.41) is 2.61. The van der Waals surface area contributed by atoms with Gasteiger partial charge in [0.15, 0.2) is 0 Å². The summed E-state index contributed by atoms with van der Waals surface area (Å²) in [5.41, 5.74) is 7.07. The van der Waals surface area contributed by atoms with Crippen LogP contribution in [0, 0.1) is 0 Å². The Balaban J connectivity index is 1.62. The highest BCUT2D eigenvalue weighted by Gasteiger charge is 2.22. The van der Waals surface area contributed by atoms with Crippen LogP contribution in [-0.4, -0.2) is 4.98 Å². The number of benzene rings is 2. The van der Waals surface area contributed by atoms with E-state index in [1.807, 2.05) is 6.20 Å². The molecular formula is C30H37N. The molecule has 3 aromatic rings. The molecule has 2 aliphatic rings. The Labute approximate surface area is 188 Å². The highest BCUT2D eigenvalue weighted by molar-refractivity contribution is 5.95. The quantitative estimate of drug-likeness (QED) is 0.417. The molecule has 0 N–H and O–H groups in total. The zero-order valence-corrected chi connectivity index (χ0v) is 19.4. The number of rotatable bonds is 4. The van der Waals surface area contributed by atoms with E-state index >= 15 is 0 Å². The maximum absolute atomic E-state index is 4.92. The summed E-state index contributed by atoms with van der Waals surface area (Å²) < 4.78 is 0. The van der Waals surface area contributed by atoms with Gasteiger partial charge in [0.25, 0.3) is 0 Å². The third kappa shape index (κ3) is 4.43. The standard InChI is InChI=1S/C30H37N/c1-21(2)24-13-14-29-25(17-24)15-16-31-30(29)28-19-26(22-9-5-3-6-10-22)18-27(20-28)23-11-7-4-8-12-23/h13-23H,3-12H2,1-2H3. The van der Waals surface area contributed by atoms with Crippen molar-refractivity contribution in [3.63, 3.8) is 0 Å². The minimum absolute atomic E-state index is 0.550. The van der Waals surface area contributed by atoms with Crippen LogP contribution in [0.1, 0.15) is 112 Å². The first-order valence-electron chi connectivity index (χ1n) is 12.7. The fourth-order valence-corrected chi connectivity index (χ4v) is 5.94. The summed E-state index contributed by atoms with van der Waals surface area (Å²) in [6.07, 6.45) is 15.8. The Morgan fingerprint density at radius 2 is 1.32 bits per heavy atom. The van der Waals surface area contributed by atoms with Crippen molar-refractivity contribution in [1.82, 2.24) is 4.98 Å². The van der Waals surface area contributed by atoms with E-state index in [-0.39, 0.29) is 0 Å². The topological polar surface area (TPSA) is 12.9 Å². The van der Waals surface area contributed by atoms with Gasteiger partial charge in [-0.15, -0.1) is 0 Å². The van der Waals surface area contributed by atoms with Crippen molar-refractivity contribution in [3.05, 3.63) is 65.4 Å². The summed E-state index contributed by atoms with van der Waals surface area (Å²) in [7, 11) is 0. The average Bonchev–Trinajstić information content (AvgIpc) is 2.84. The van der Waals surface area contributed by atoms with Crippen molar-refractivity contribution in [2.75, 3.05) is 0 Å². The van der Waals surface area contributed by atoms with Crippen LogP contribution in [0.5, 0.6) is 0 Å². The fourth-order valence-electron chi connectivity index (χ4n) is 5.94. The first kappa shape index (κ1) is 20.7. The van der Waals surface area contributed by atoms with Gasteiger partial charge in [0, 0.05) is 17.1 Å². The lowest BCUT2D eigenvalue weighted by Crippen LogP contribution is -2.09. The van der Waals surface area contributed by atoms with E-state index in [1.165, 1.54) is 91.8 Å². The molecule has 2 saturated carbocycles. The maximum Gasteiger partial charge on any atom is 0.0780 e. The molecule has 5 rings (SSSR count). The van der Waals surface area contributed by atoms with Crippen LogP contribution < -0.4 is 0 Å². The molecule has 2 aromatic carbocycles. The van der Waals surface area contributed by atoms with E-state index in [0.29, 0.717) is 5.92 Å². The van der Waals surface area contributed by atoms with Crippen LogP contribution in [0.15, 0.2) is 48.7 Å². The molecule has 0 saturated heterocycles. The third-order valence-electron chi connectivity index (χ3n) is 7.86. The van der Waals surface area contributed by atoms with Crippen LogP contribution in [0.2, 0.25) is 0 Å². The summed E-state index contributed by atoms with van der Waals surface area (Å²) in [6.45, 7) is 4.54. The second-order valence-corrected chi connectivity index (χ2v) is 10.4. The molecule has 0 radical (unpaired) electrons. The van der Waals surface area contributed by atoms with Crippen LogP contribution in [0.4, 0.5) is 0 Å². The second kappa shape index (κ2) is 9.15. The molecule has 1 heterocycles. The molecule has 0 aliphatic heterocycles. The lowest BCUT2D eigenvalue weighted by atomic mass is 9.78. The first-order chi connectivity index (χ1) is 15.2. The molecule has 0 bridgehead atoms. The van der Waals surface area contributed by atoms with Crippen molar-refractivity contribution in [3.8, 4) is 11.3 Å². The van der Waals surface area contributed by atoms with Crippen molar-refractivity contribution >= 4 is 10.8 Å². The summed E-state index contributed by atoms with van der Waals surface area (Å²) in [6, 6.07) is 16.7. The predicted octanol–water partition coefficient (Wildman–Crippen LogP) is 9.12. The number of hydrogen-bond donors (Lipinski definition) is 0. The van der Waals surface area contributed by atoms with Gasteiger partial charge in [-0.3, -0.25) is 4.98 Å². The highest BCUT2D eigenvalue weighted by Crippen LogP contribution is 2.40. The van der Waals surface area contributed by atoms with E-state index < -0.39 is 0 Å². The van der Waals surface area contributed by atoms with E-state index in [9.17, 15) is 0 Å². The Morgan fingerprint density at radius 3 is 1.90 bits per heavy atom. The largest absolute Gasteiger partial charge is 0.256 e. The lowest BCUT2D eigenvalue weighted by molar-refractivity contribution is 0.435. The van der Waals surface area contributed by atoms with Gasteiger partial charge >= 0.3 is 0 Å². The summed E-state index contributed by atoms with van der Waals surface area (Å²) in [5.74, 6) is 2.02. The van der Waals surface area contributed by atoms with Crippen LogP contribution in [0.25, 0.3) is 22.0 Å². The van der Waals surface area contributed by atoms with Gasteiger partial charge < -0.3 is 0 Å². The minimum Gasteiger partial charge on any atom is -0.256 e. The lowest BCUT2D eigenvalue weighted by Gasteiger charge is -2.27. The smallest absolute Gasteiger partial charge is 0.0780 e.